The number of aliphatic carboxylic acids is 1. The lowest BCUT2D eigenvalue weighted by Crippen LogP contribution is -2.44. The van der Waals surface area contributed by atoms with E-state index in [1.165, 1.54) is 0 Å². The average Bonchev–Trinajstić information content (AvgIpc) is 3.02. The van der Waals surface area contributed by atoms with Crippen LogP contribution in [0.1, 0.15) is 36.0 Å². The number of hydrogen-bond donors (Lipinski definition) is 1. The summed E-state index contributed by atoms with van der Waals surface area (Å²) in [6.07, 6.45) is 3.39. The fraction of sp³-hybridized carbons (Fsp3) is 0.556. The zero-order valence-corrected chi connectivity index (χ0v) is 13.2. The van der Waals surface area contributed by atoms with Crippen LogP contribution >= 0.6 is 0 Å². The van der Waals surface area contributed by atoms with Crippen molar-refractivity contribution in [3.05, 3.63) is 34.9 Å². The number of nitrogens with zero attached hydrogens (tertiary/aromatic N) is 1. The Morgan fingerprint density at radius 2 is 2.05 bits per heavy atom. The van der Waals surface area contributed by atoms with Gasteiger partial charge in [-0.05, 0) is 49.7 Å². The number of benzene rings is 1. The van der Waals surface area contributed by atoms with Crippen molar-refractivity contribution >= 4 is 11.9 Å². The molecule has 1 aliphatic carbocycles. The van der Waals surface area contributed by atoms with Crippen LogP contribution in [0.25, 0.3) is 0 Å². The third-order valence-electron chi connectivity index (χ3n) is 5.31. The average molecular weight is 301 g/mol. The predicted molar refractivity (Wildman–Crippen MR) is 83.6 cm³/mol. The summed E-state index contributed by atoms with van der Waals surface area (Å²) >= 11 is 0. The molecule has 1 N–H and O–H groups in total. The summed E-state index contributed by atoms with van der Waals surface area (Å²) in [7, 11) is 0. The van der Waals surface area contributed by atoms with Gasteiger partial charge in [0.2, 0.25) is 5.91 Å². The third-order valence-corrected chi connectivity index (χ3v) is 5.31. The zero-order valence-electron chi connectivity index (χ0n) is 13.2. The second-order valence-corrected chi connectivity index (χ2v) is 6.79. The normalized spacial score (nSPS) is 27.0. The molecule has 1 aromatic carbocycles. The van der Waals surface area contributed by atoms with E-state index in [9.17, 15) is 14.7 Å². The number of amides is 1. The highest BCUT2D eigenvalue weighted by Crippen LogP contribution is 2.42. The summed E-state index contributed by atoms with van der Waals surface area (Å²) in [5.74, 6) is -0.358. The van der Waals surface area contributed by atoms with Gasteiger partial charge in [0.1, 0.15) is 6.04 Å². The van der Waals surface area contributed by atoms with Crippen LogP contribution < -0.4 is 0 Å². The Morgan fingerprint density at radius 1 is 1.27 bits per heavy atom. The van der Waals surface area contributed by atoms with Crippen LogP contribution in [0.3, 0.4) is 0 Å². The molecule has 22 heavy (non-hydrogen) atoms. The van der Waals surface area contributed by atoms with Crippen molar-refractivity contribution in [3.63, 3.8) is 0 Å². The Labute approximate surface area is 131 Å². The molecule has 0 radical (unpaired) electrons. The fourth-order valence-electron chi connectivity index (χ4n) is 4.13. The smallest absolute Gasteiger partial charge is 0.326 e. The van der Waals surface area contributed by atoms with E-state index in [1.54, 1.807) is 4.90 Å². The van der Waals surface area contributed by atoms with Crippen LogP contribution in [0, 0.1) is 25.7 Å². The van der Waals surface area contributed by atoms with Crippen molar-refractivity contribution in [2.24, 2.45) is 11.8 Å². The molecular formula is C18H23NO3. The van der Waals surface area contributed by atoms with E-state index in [4.69, 9.17) is 0 Å². The van der Waals surface area contributed by atoms with Gasteiger partial charge in [0.05, 0.1) is 6.42 Å². The van der Waals surface area contributed by atoms with Crippen LogP contribution in [0.4, 0.5) is 0 Å². The minimum absolute atomic E-state index is 0.0458. The first-order valence-corrected chi connectivity index (χ1v) is 8.06. The summed E-state index contributed by atoms with van der Waals surface area (Å²) in [4.78, 5) is 25.9. The molecule has 2 fully saturated rings. The lowest BCUT2D eigenvalue weighted by Gasteiger charge is -2.24. The molecule has 1 aliphatic heterocycles. The highest BCUT2D eigenvalue weighted by Gasteiger charge is 2.49. The summed E-state index contributed by atoms with van der Waals surface area (Å²) in [5, 5.41) is 9.55. The van der Waals surface area contributed by atoms with E-state index >= 15 is 0 Å². The first kappa shape index (κ1) is 15.1. The molecule has 1 saturated carbocycles. The summed E-state index contributed by atoms with van der Waals surface area (Å²) in [6.45, 7) is 4.62. The van der Waals surface area contributed by atoms with Crippen molar-refractivity contribution in [2.45, 2.75) is 45.6 Å². The van der Waals surface area contributed by atoms with Gasteiger partial charge in [0.25, 0.3) is 0 Å². The van der Waals surface area contributed by atoms with E-state index in [0.717, 1.165) is 36.0 Å². The van der Waals surface area contributed by atoms with Crippen LogP contribution in [0.15, 0.2) is 18.2 Å². The number of hydrogen-bond acceptors (Lipinski definition) is 2. The number of carbonyl (C=O) groups excluding carboxylic acids is 1. The molecule has 1 aromatic rings. The standard InChI is InChI=1S/C18H23NO3/c1-11-6-7-12(2)14(8-11)9-16(20)19-10-13-4-3-5-15(13)17(19)18(21)22/h6-8,13,15,17H,3-5,9-10H2,1-2H3,(H,21,22). The first-order chi connectivity index (χ1) is 10.5. The topological polar surface area (TPSA) is 57.6 Å². The lowest BCUT2D eigenvalue weighted by molar-refractivity contribution is -0.149. The number of carboxylic acid groups (broad SMARTS) is 1. The fourth-order valence-corrected chi connectivity index (χ4v) is 4.13. The highest BCUT2D eigenvalue weighted by molar-refractivity contribution is 5.86. The van der Waals surface area contributed by atoms with Gasteiger partial charge in [0, 0.05) is 6.54 Å². The van der Waals surface area contributed by atoms with Gasteiger partial charge >= 0.3 is 5.97 Å². The van der Waals surface area contributed by atoms with Crippen LogP contribution in [0.5, 0.6) is 0 Å². The first-order valence-electron chi connectivity index (χ1n) is 8.06. The maximum atomic E-state index is 12.7. The molecule has 1 saturated heterocycles. The molecule has 0 spiro atoms. The third kappa shape index (κ3) is 2.62. The number of carbonyl (C=O) groups is 2. The van der Waals surface area contributed by atoms with E-state index < -0.39 is 12.0 Å². The molecule has 3 rings (SSSR count). The SMILES string of the molecule is Cc1ccc(C)c(CC(=O)N2CC3CCCC3C2C(=O)O)c1. The van der Waals surface area contributed by atoms with Crippen LogP contribution in [-0.4, -0.2) is 34.5 Å². The van der Waals surface area contributed by atoms with Gasteiger partial charge in [-0.1, -0.05) is 30.2 Å². The Hall–Kier alpha value is -1.84. The monoisotopic (exact) mass is 301 g/mol. The highest BCUT2D eigenvalue weighted by atomic mass is 16.4. The molecule has 1 heterocycles. The van der Waals surface area contributed by atoms with Gasteiger partial charge in [-0.25, -0.2) is 4.79 Å². The molecule has 3 unspecified atom stereocenters. The maximum absolute atomic E-state index is 12.7. The second kappa shape index (κ2) is 5.75. The van der Waals surface area contributed by atoms with Gasteiger partial charge < -0.3 is 10.0 Å². The van der Waals surface area contributed by atoms with Gasteiger partial charge in [0.15, 0.2) is 0 Å². The molecule has 1 amide bonds. The Bertz CT molecular complexity index is 610. The number of rotatable bonds is 3. The molecule has 0 bridgehead atoms. The van der Waals surface area contributed by atoms with Gasteiger partial charge in [-0.15, -0.1) is 0 Å². The lowest BCUT2D eigenvalue weighted by atomic mass is 9.94. The number of fused-ring (bicyclic) bond motifs is 1. The predicted octanol–water partition coefficient (Wildman–Crippen LogP) is 2.56. The van der Waals surface area contributed by atoms with Crippen molar-refractivity contribution in [1.29, 1.82) is 0 Å². The van der Waals surface area contributed by atoms with E-state index in [2.05, 4.69) is 0 Å². The Balaban J connectivity index is 1.79. The molecule has 0 aromatic heterocycles. The summed E-state index contributed by atoms with van der Waals surface area (Å²) < 4.78 is 0. The number of aryl methyl sites for hydroxylation is 2. The zero-order chi connectivity index (χ0) is 15.9. The Kier molecular flexibility index (Phi) is 3.94. The van der Waals surface area contributed by atoms with Crippen molar-refractivity contribution in [1.82, 2.24) is 4.90 Å². The molecular weight excluding hydrogens is 278 g/mol. The summed E-state index contributed by atoms with van der Waals surface area (Å²) in [6, 6.07) is 5.46. The second-order valence-electron chi connectivity index (χ2n) is 6.79. The molecule has 3 atom stereocenters. The molecule has 4 nitrogen and oxygen atoms in total. The molecule has 2 aliphatic rings. The van der Waals surface area contributed by atoms with E-state index in [-0.39, 0.29) is 11.8 Å². The van der Waals surface area contributed by atoms with Crippen molar-refractivity contribution in [3.8, 4) is 0 Å². The Morgan fingerprint density at radius 3 is 2.77 bits per heavy atom. The minimum atomic E-state index is -0.844. The van der Waals surface area contributed by atoms with E-state index in [0.29, 0.717) is 18.9 Å². The van der Waals surface area contributed by atoms with Crippen molar-refractivity contribution in [2.75, 3.05) is 6.54 Å². The number of carboxylic acids is 1. The van der Waals surface area contributed by atoms with Crippen LogP contribution in [0.2, 0.25) is 0 Å². The molecule has 118 valence electrons. The van der Waals surface area contributed by atoms with Crippen LogP contribution in [-0.2, 0) is 16.0 Å². The van der Waals surface area contributed by atoms with E-state index in [1.807, 2.05) is 32.0 Å². The quantitative estimate of drug-likeness (QED) is 0.933. The summed E-state index contributed by atoms with van der Waals surface area (Å²) in [5.41, 5.74) is 3.22. The van der Waals surface area contributed by atoms with Gasteiger partial charge in [-0.3, -0.25) is 4.79 Å². The maximum Gasteiger partial charge on any atom is 0.326 e. The minimum Gasteiger partial charge on any atom is -0.480 e. The largest absolute Gasteiger partial charge is 0.480 e. The molecule has 4 heteroatoms. The number of likely N-dealkylation sites (tertiary alicyclic amines) is 1. The van der Waals surface area contributed by atoms with Crippen molar-refractivity contribution < 1.29 is 14.7 Å². The van der Waals surface area contributed by atoms with Gasteiger partial charge in [-0.2, -0.15) is 0 Å².